The van der Waals surface area contributed by atoms with Crippen molar-refractivity contribution in [2.75, 3.05) is 44.2 Å². The number of rotatable bonds is 8. The van der Waals surface area contributed by atoms with E-state index in [1.165, 1.54) is 0 Å². The average Bonchev–Trinajstić information content (AvgIpc) is 2.92. The van der Waals surface area contributed by atoms with Gasteiger partial charge in [-0.1, -0.05) is 6.08 Å². The Morgan fingerprint density at radius 3 is 2.68 bits per heavy atom. The summed E-state index contributed by atoms with van der Waals surface area (Å²) >= 11 is 0. The van der Waals surface area contributed by atoms with E-state index in [9.17, 15) is 9.59 Å². The van der Waals surface area contributed by atoms with E-state index >= 15 is 0 Å². The molecule has 0 N–H and O–H groups in total. The van der Waals surface area contributed by atoms with Crippen LogP contribution in [0.25, 0.3) is 0 Å². The highest BCUT2D eigenvalue weighted by Crippen LogP contribution is 2.18. The van der Waals surface area contributed by atoms with Crippen molar-refractivity contribution in [3.05, 3.63) is 59.6 Å². The molecule has 0 atom stereocenters. The number of ketones is 1. The van der Waals surface area contributed by atoms with Crippen LogP contribution in [0.2, 0.25) is 0 Å². The number of carbonyl (C=O) groups excluding carboxylic acids is 2. The van der Waals surface area contributed by atoms with Crippen LogP contribution in [-0.4, -0.2) is 65.5 Å². The summed E-state index contributed by atoms with van der Waals surface area (Å²) in [4.78, 5) is 33.7. The molecule has 1 saturated heterocycles. The summed E-state index contributed by atoms with van der Waals surface area (Å²) in [6.45, 7) is 14.4. The third kappa shape index (κ3) is 5.41. The van der Waals surface area contributed by atoms with Gasteiger partial charge in [-0.2, -0.15) is 0 Å². The van der Waals surface area contributed by atoms with Crippen LogP contribution in [0.3, 0.4) is 0 Å². The first-order valence-corrected chi connectivity index (χ1v) is 10.9. The van der Waals surface area contributed by atoms with E-state index in [0.717, 1.165) is 55.4 Å². The lowest BCUT2D eigenvalue weighted by atomic mass is 10.1. The molecule has 0 spiro atoms. The number of esters is 1. The predicted octanol–water partition coefficient (Wildman–Crippen LogP) is 3.26. The number of aryl methyl sites for hydroxylation is 1. The highest BCUT2D eigenvalue weighted by molar-refractivity contribution is 5.99. The van der Waals surface area contributed by atoms with Crippen LogP contribution in [0, 0.1) is 13.8 Å². The number of anilines is 1. The van der Waals surface area contributed by atoms with Gasteiger partial charge in [-0.15, -0.1) is 6.58 Å². The minimum Gasteiger partial charge on any atom is -0.462 e. The zero-order valence-corrected chi connectivity index (χ0v) is 18.8. The summed E-state index contributed by atoms with van der Waals surface area (Å²) in [7, 11) is 0. The molecule has 0 amide bonds. The quantitative estimate of drug-likeness (QED) is 0.368. The Kier molecular flexibility index (Phi) is 7.63. The number of carbonyl (C=O) groups is 2. The number of aromatic nitrogens is 2. The van der Waals surface area contributed by atoms with E-state index in [1.807, 2.05) is 32.1 Å². The molecule has 2 aromatic rings. The van der Waals surface area contributed by atoms with Gasteiger partial charge in [0.1, 0.15) is 5.82 Å². The van der Waals surface area contributed by atoms with Crippen LogP contribution in [0.4, 0.5) is 5.82 Å². The standard InChI is InChI=1S/C24H32N4O3/c1-5-10-28-18(3)15-21(19(28)4)22(29)17-26-11-7-12-27(14-13-26)23-9-8-20(16-25-23)24(30)31-6-2/h5,8-9,15-16H,1,6-7,10-14,17H2,2-4H3. The van der Waals surface area contributed by atoms with Gasteiger partial charge in [-0.05, 0) is 45.4 Å². The first kappa shape index (κ1) is 22.7. The van der Waals surface area contributed by atoms with E-state index in [0.29, 0.717) is 25.3 Å². The van der Waals surface area contributed by atoms with Gasteiger partial charge in [0.05, 0.1) is 18.7 Å². The summed E-state index contributed by atoms with van der Waals surface area (Å²) in [5.74, 6) is 0.650. The van der Waals surface area contributed by atoms with Crippen molar-refractivity contribution in [3.8, 4) is 0 Å². The fourth-order valence-corrected chi connectivity index (χ4v) is 4.05. The molecule has 2 aromatic heterocycles. The number of Topliss-reactive ketones (excluding diaryl/α,β-unsaturated/α-hetero) is 1. The Morgan fingerprint density at radius 1 is 1.19 bits per heavy atom. The Labute approximate surface area is 184 Å². The topological polar surface area (TPSA) is 67.7 Å². The molecule has 0 aromatic carbocycles. The second-order valence-electron chi connectivity index (χ2n) is 7.85. The predicted molar refractivity (Wildman–Crippen MR) is 122 cm³/mol. The minimum absolute atomic E-state index is 0.161. The highest BCUT2D eigenvalue weighted by Gasteiger charge is 2.21. The van der Waals surface area contributed by atoms with Crippen LogP contribution in [0.1, 0.15) is 45.4 Å². The molecule has 7 heteroatoms. The van der Waals surface area contributed by atoms with E-state index in [2.05, 4.69) is 25.9 Å². The Morgan fingerprint density at radius 2 is 2.00 bits per heavy atom. The molecule has 7 nitrogen and oxygen atoms in total. The largest absolute Gasteiger partial charge is 0.462 e. The van der Waals surface area contributed by atoms with Crippen LogP contribution in [0.15, 0.2) is 37.1 Å². The fraction of sp³-hybridized carbons (Fsp3) is 0.458. The number of hydrogen-bond acceptors (Lipinski definition) is 6. The summed E-state index contributed by atoms with van der Waals surface area (Å²) in [5, 5.41) is 0. The highest BCUT2D eigenvalue weighted by atomic mass is 16.5. The van der Waals surface area contributed by atoms with E-state index in [-0.39, 0.29) is 11.8 Å². The van der Waals surface area contributed by atoms with Crippen molar-refractivity contribution in [1.29, 1.82) is 0 Å². The number of nitrogens with zero attached hydrogens (tertiary/aromatic N) is 4. The summed E-state index contributed by atoms with van der Waals surface area (Å²) < 4.78 is 7.14. The van der Waals surface area contributed by atoms with Crippen LogP contribution in [-0.2, 0) is 11.3 Å². The second-order valence-corrected chi connectivity index (χ2v) is 7.85. The molecular formula is C24H32N4O3. The third-order valence-electron chi connectivity index (χ3n) is 5.72. The fourth-order valence-electron chi connectivity index (χ4n) is 4.05. The van der Waals surface area contributed by atoms with Gasteiger partial charge >= 0.3 is 5.97 Å². The Bertz CT molecular complexity index is 933. The van der Waals surface area contributed by atoms with Gasteiger partial charge in [0, 0.05) is 55.9 Å². The minimum atomic E-state index is -0.352. The zero-order valence-electron chi connectivity index (χ0n) is 18.8. The lowest BCUT2D eigenvalue weighted by Crippen LogP contribution is -2.34. The SMILES string of the molecule is C=CCn1c(C)cc(C(=O)CN2CCCN(c3ccc(C(=O)OCC)cn3)CC2)c1C. The molecule has 166 valence electrons. The van der Waals surface area contributed by atoms with Crippen molar-refractivity contribution in [2.24, 2.45) is 0 Å². The molecular weight excluding hydrogens is 392 g/mol. The number of allylic oxidation sites excluding steroid dienone is 1. The van der Waals surface area contributed by atoms with Crippen molar-refractivity contribution < 1.29 is 14.3 Å². The molecule has 0 aliphatic carbocycles. The molecule has 0 radical (unpaired) electrons. The molecule has 0 bridgehead atoms. The zero-order chi connectivity index (χ0) is 22.4. The van der Waals surface area contributed by atoms with Gasteiger partial charge in [0.25, 0.3) is 0 Å². The average molecular weight is 425 g/mol. The van der Waals surface area contributed by atoms with Crippen molar-refractivity contribution >= 4 is 17.6 Å². The maximum Gasteiger partial charge on any atom is 0.339 e. The van der Waals surface area contributed by atoms with Crippen LogP contribution in [0.5, 0.6) is 0 Å². The Balaban J connectivity index is 1.60. The van der Waals surface area contributed by atoms with Gasteiger partial charge in [0.2, 0.25) is 0 Å². The van der Waals surface area contributed by atoms with Gasteiger partial charge in [-0.3, -0.25) is 9.69 Å². The van der Waals surface area contributed by atoms with Crippen molar-refractivity contribution in [3.63, 3.8) is 0 Å². The summed E-state index contributed by atoms with van der Waals surface area (Å²) in [5.41, 5.74) is 3.35. The molecule has 3 heterocycles. The lowest BCUT2D eigenvalue weighted by Gasteiger charge is -2.22. The number of pyridine rings is 1. The van der Waals surface area contributed by atoms with Crippen molar-refractivity contribution in [2.45, 2.75) is 33.7 Å². The Hall–Kier alpha value is -2.93. The molecule has 31 heavy (non-hydrogen) atoms. The van der Waals surface area contributed by atoms with Gasteiger partial charge in [0.15, 0.2) is 5.78 Å². The smallest absolute Gasteiger partial charge is 0.339 e. The maximum absolute atomic E-state index is 13.0. The van der Waals surface area contributed by atoms with Gasteiger partial charge < -0.3 is 14.2 Å². The molecule has 0 saturated carbocycles. The summed E-state index contributed by atoms with van der Waals surface area (Å²) in [6.07, 6.45) is 4.37. The van der Waals surface area contributed by atoms with Crippen LogP contribution < -0.4 is 4.90 Å². The monoisotopic (exact) mass is 424 g/mol. The maximum atomic E-state index is 13.0. The molecule has 3 rings (SSSR count). The second kappa shape index (κ2) is 10.4. The van der Waals surface area contributed by atoms with Crippen LogP contribution >= 0.6 is 0 Å². The van der Waals surface area contributed by atoms with E-state index < -0.39 is 0 Å². The molecule has 0 unspecified atom stereocenters. The third-order valence-corrected chi connectivity index (χ3v) is 5.72. The normalized spacial score (nSPS) is 14.9. The first-order valence-electron chi connectivity index (χ1n) is 10.9. The molecule has 1 aliphatic heterocycles. The van der Waals surface area contributed by atoms with E-state index in [4.69, 9.17) is 4.74 Å². The molecule has 1 aliphatic rings. The molecule has 1 fully saturated rings. The number of ether oxygens (including phenoxy) is 1. The lowest BCUT2D eigenvalue weighted by molar-refractivity contribution is 0.0525. The van der Waals surface area contributed by atoms with Gasteiger partial charge in [-0.25, -0.2) is 9.78 Å². The first-order chi connectivity index (χ1) is 14.9. The summed E-state index contributed by atoms with van der Waals surface area (Å²) in [6, 6.07) is 5.60. The van der Waals surface area contributed by atoms with E-state index in [1.54, 1.807) is 19.2 Å². The van der Waals surface area contributed by atoms with Crippen molar-refractivity contribution in [1.82, 2.24) is 14.5 Å². The number of hydrogen-bond donors (Lipinski definition) is 0.